The summed E-state index contributed by atoms with van der Waals surface area (Å²) in [5.74, 6) is 0. The topological polar surface area (TPSA) is 29.3 Å². The molecule has 0 bridgehead atoms. The molecule has 0 radical (unpaired) electrons. The molecule has 0 spiro atoms. The molecule has 2 rings (SSSR count). The van der Waals surface area contributed by atoms with Gasteiger partial charge in [0.2, 0.25) is 0 Å². The van der Waals surface area contributed by atoms with E-state index in [1.165, 1.54) is 0 Å². The standard InChI is InChI=1S/C11H14BrN3/c1-8(2)13-6-9-7-15-5-3-4-10(12)11(15)14-9/h3-5,7-8,13H,6H2,1-2H3. The van der Waals surface area contributed by atoms with Crippen LogP contribution >= 0.6 is 15.9 Å². The van der Waals surface area contributed by atoms with Crippen LogP contribution in [0.4, 0.5) is 0 Å². The van der Waals surface area contributed by atoms with Crippen LogP contribution in [0.5, 0.6) is 0 Å². The van der Waals surface area contributed by atoms with Gasteiger partial charge in [-0.2, -0.15) is 0 Å². The number of hydrogen-bond donors (Lipinski definition) is 1. The van der Waals surface area contributed by atoms with Crippen molar-refractivity contribution in [1.29, 1.82) is 0 Å². The number of imidazole rings is 1. The van der Waals surface area contributed by atoms with Crippen LogP contribution in [0.2, 0.25) is 0 Å². The highest BCUT2D eigenvalue weighted by atomic mass is 79.9. The van der Waals surface area contributed by atoms with Gasteiger partial charge in [0.05, 0.1) is 10.2 Å². The minimum atomic E-state index is 0.484. The Morgan fingerprint density at radius 1 is 1.53 bits per heavy atom. The number of fused-ring (bicyclic) bond motifs is 1. The number of rotatable bonds is 3. The summed E-state index contributed by atoms with van der Waals surface area (Å²) in [5.41, 5.74) is 2.04. The number of halogens is 1. The van der Waals surface area contributed by atoms with E-state index in [0.717, 1.165) is 22.4 Å². The lowest BCUT2D eigenvalue weighted by molar-refractivity contribution is 0.583. The van der Waals surface area contributed by atoms with Crippen LogP contribution in [0.15, 0.2) is 29.0 Å². The molecule has 0 saturated carbocycles. The second-order valence-electron chi connectivity index (χ2n) is 3.85. The lowest BCUT2D eigenvalue weighted by atomic mass is 10.3. The van der Waals surface area contributed by atoms with Gasteiger partial charge in [-0.1, -0.05) is 13.8 Å². The molecule has 2 aromatic heterocycles. The van der Waals surface area contributed by atoms with E-state index in [1.54, 1.807) is 0 Å². The van der Waals surface area contributed by atoms with Crippen molar-refractivity contribution in [2.24, 2.45) is 0 Å². The first kappa shape index (κ1) is 10.6. The normalized spacial score (nSPS) is 11.5. The van der Waals surface area contributed by atoms with E-state index in [0.29, 0.717) is 6.04 Å². The van der Waals surface area contributed by atoms with Crippen LogP contribution in [0.3, 0.4) is 0 Å². The number of pyridine rings is 1. The van der Waals surface area contributed by atoms with Crippen molar-refractivity contribution in [2.45, 2.75) is 26.4 Å². The Kier molecular flexibility index (Phi) is 3.07. The molecule has 0 amide bonds. The molecule has 80 valence electrons. The maximum absolute atomic E-state index is 4.54. The van der Waals surface area contributed by atoms with Gasteiger partial charge in [-0.15, -0.1) is 0 Å². The fraction of sp³-hybridized carbons (Fsp3) is 0.364. The van der Waals surface area contributed by atoms with Crippen molar-refractivity contribution in [3.05, 3.63) is 34.7 Å². The molecule has 0 aliphatic rings. The van der Waals surface area contributed by atoms with Gasteiger partial charge in [0.15, 0.2) is 5.65 Å². The zero-order chi connectivity index (χ0) is 10.8. The molecule has 3 nitrogen and oxygen atoms in total. The predicted molar refractivity (Wildman–Crippen MR) is 64.9 cm³/mol. The Hall–Kier alpha value is -0.870. The van der Waals surface area contributed by atoms with Crippen molar-refractivity contribution in [1.82, 2.24) is 14.7 Å². The summed E-state index contributed by atoms with van der Waals surface area (Å²) in [7, 11) is 0. The number of hydrogen-bond acceptors (Lipinski definition) is 2. The van der Waals surface area contributed by atoms with E-state index >= 15 is 0 Å². The average Bonchev–Trinajstić information content (AvgIpc) is 2.59. The van der Waals surface area contributed by atoms with Gasteiger partial charge in [-0.25, -0.2) is 4.98 Å². The Morgan fingerprint density at radius 2 is 2.33 bits per heavy atom. The fourth-order valence-corrected chi connectivity index (χ4v) is 1.87. The molecule has 2 heterocycles. The fourth-order valence-electron chi connectivity index (χ4n) is 1.42. The lowest BCUT2D eigenvalue weighted by Gasteiger charge is -2.04. The van der Waals surface area contributed by atoms with Crippen molar-refractivity contribution in [3.63, 3.8) is 0 Å². The zero-order valence-corrected chi connectivity index (χ0v) is 10.5. The van der Waals surface area contributed by atoms with Crippen LogP contribution in [0, 0.1) is 0 Å². The van der Waals surface area contributed by atoms with Gasteiger partial charge in [0.1, 0.15) is 0 Å². The van der Waals surface area contributed by atoms with E-state index in [9.17, 15) is 0 Å². The highest BCUT2D eigenvalue weighted by molar-refractivity contribution is 9.10. The summed E-state index contributed by atoms with van der Waals surface area (Å²) in [6.45, 7) is 5.07. The molecule has 0 aromatic carbocycles. The summed E-state index contributed by atoms with van der Waals surface area (Å²) in [6.07, 6.45) is 4.06. The van der Waals surface area contributed by atoms with Crippen LogP contribution in [-0.2, 0) is 6.54 Å². The Labute approximate surface area is 97.6 Å². The number of nitrogens with zero attached hydrogens (tertiary/aromatic N) is 2. The van der Waals surface area contributed by atoms with E-state index in [2.05, 4.69) is 46.3 Å². The van der Waals surface area contributed by atoms with Crippen LogP contribution < -0.4 is 5.32 Å². The molecule has 0 fully saturated rings. The van der Waals surface area contributed by atoms with Crippen molar-refractivity contribution in [3.8, 4) is 0 Å². The smallest absolute Gasteiger partial charge is 0.151 e. The Bertz CT molecular complexity index is 462. The molecule has 2 aromatic rings. The molecule has 1 N–H and O–H groups in total. The van der Waals surface area contributed by atoms with E-state index in [-0.39, 0.29) is 0 Å². The van der Waals surface area contributed by atoms with Gasteiger partial charge in [0, 0.05) is 25.0 Å². The highest BCUT2D eigenvalue weighted by Crippen LogP contribution is 2.16. The summed E-state index contributed by atoms with van der Waals surface area (Å²) in [5, 5.41) is 3.35. The summed E-state index contributed by atoms with van der Waals surface area (Å²) >= 11 is 3.49. The second-order valence-corrected chi connectivity index (χ2v) is 4.71. The monoisotopic (exact) mass is 267 g/mol. The second kappa shape index (κ2) is 4.33. The molecule has 0 aliphatic heterocycles. The summed E-state index contributed by atoms with van der Waals surface area (Å²) in [6, 6.07) is 4.48. The Morgan fingerprint density at radius 3 is 3.00 bits per heavy atom. The van der Waals surface area contributed by atoms with Crippen molar-refractivity contribution < 1.29 is 0 Å². The minimum absolute atomic E-state index is 0.484. The first-order chi connectivity index (χ1) is 7.16. The maximum Gasteiger partial charge on any atom is 0.151 e. The van der Waals surface area contributed by atoms with Crippen molar-refractivity contribution >= 4 is 21.6 Å². The van der Waals surface area contributed by atoms with Gasteiger partial charge < -0.3 is 9.72 Å². The SMILES string of the molecule is CC(C)NCc1cn2cccc(Br)c2n1. The van der Waals surface area contributed by atoms with E-state index in [1.807, 2.05) is 22.7 Å². The largest absolute Gasteiger partial charge is 0.309 e. The van der Waals surface area contributed by atoms with Crippen LogP contribution in [-0.4, -0.2) is 15.4 Å². The van der Waals surface area contributed by atoms with Crippen LogP contribution in [0.1, 0.15) is 19.5 Å². The first-order valence-corrected chi connectivity index (χ1v) is 5.81. The molecule has 0 saturated heterocycles. The summed E-state index contributed by atoms with van der Waals surface area (Å²) < 4.78 is 3.06. The van der Waals surface area contributed by atoms with Gasteiger partial charge in [0.25, 0.3) is 0 Å². The molecular weight excluding hydrogens is 254 g/mol. The lowest BCUT2D eigenvalue weighted by Crippen LogP contribution is -2.21. The third-order valence-corrected chi connectivity index (χ3v) is 2.80. The van der Waals surface area contributed by atoms with Gasteiger partial charge >= 0.3 is 0 Å². The third-order valence-electron chi connectivity index (χ3n) is 2.18. The zero-order valence-electron chi connectivity index (χ0n) is 8.87. The minimum Gasteiger partial charge on any atom is -0.309 e. The molecular formula is C11H14BrN3. The molecule has 15 heavy (non-hydrogen) atoms. The third kappa shape index (κ3) is 2.38. The number of aromatic nitrogens is 2. The van der Waals surface area contributed by atoms with Gasteiger partial charge in [-0.05, 0) is 28.1 Å². The van der Waals surface area contributed by atoms with E-state index in [4.69, 9.17) is 0 Å². The average molecular weight is 268 g/mol. The molecule has 0 aliphatic carbocycles. The maximum atomic E-state index is 4.54. The molecule has 0 unspecified atom stereocenters. The van der Waals surface area contributed by atoms with Gasteiger partial charge in [-0.3, -0.25) is 0 Å². The highest BCUT2D eigenvalue weighted by Gasteiger charge is 2.04. The van der Waals surface area contributed by atoms with E-state index < -0.39 is 0 Å². The summed E-state index contributed by atoms with van der Waals surface area (Å²) in [4.78, 5) is 4.54. The predicted octanol–water partition coefficient (Wildman–Crippen LogP) is 2.59. The first-order valence-electron chi connectivity index (χ1n) is 5.02. The van der Waals surface area contributed by atoms with Crippen molar-refractivity contribution in [2.75, 3.05) is 0 Å². The number of nitrogens with one attached hydrogen (secondary N) is 1. The molecule has 0 atom stereocenters. The molecule has 4 heteroatoms. The Balaban J connectivity index is 2.27. The quantitative estimate of drug-likeness (QED) is 0.927. The van der Waals surface area contributed by atoms with Crippen LogP contribution in [0.25, 0.3) is 5.65 Å².